The van der Waals surface area contributed by atoms with Crippen molar-refractivity contribution in [2.24, 2.45) is 0 Å². The van der Waals surface area contributed by atoms with Crippen molar-refractivity contribution in [1.29, 1.82) is 0 Å². The van der Waals surface area contributed by atoms with Crippen molar-refractivity contribution in [2.75, 3.05) is 6.54 Å². The van der Waals surface area contributed by atoms with Crippen molar-refractivity contribution in [2.45, 2.75) is 39.8 Å². The highest BCUT2D eigenvalue weighted by Gasteiger charge is 2.21. The maximum absolute atomic E-state index is 6.30. The highest BCUT2D eigenvalue weighted by atomic mass is 35.5. The Kier molecular flexibility index (Phi) is 5.02. The molecule has 2 rings (SSSR count). The summed E-state index contributed by atoms with van der Waals surface area (Å²) < 4.78 is 2.07. The van der Waals surface area contributed by atoms with Crippen LogP contribution in [0, 0.1) is 0 Å². The number of rotatable bonds is 6. The normalized spacial score (nSPS) is 12.8. The lowest BCUT2D eigenvalue weighted by atomic mass is 10.1. The first kappa shape index (κ1) is 14.6. The van der Waals surface area contributed by atoms with Gasteiger partial charge in [0, 0.05) is 11.4 Å². The van der Waals surface area contributed by atoms with Gasteiger partial charge < -0.3 is 5.32 Å². The summed E-state index contributed by atoms with van der Waals surface area (Å²) in [4.78, 5) is 1.17. The third-order valence-corrected chi connectivity index (χ3v) is 4.56. The van der Waals surface area contributed by atoms with Gasteiger partial charge in [0.05, 0.1) is 22.5 Å². The molecule has 1 unspecified atom stereocenters. The van der Waals surface area contributed by atoms with Crippen molar-refractivity contribution in [3.63, 3.8) is 0 Å². The largest absolute Gasteiger partial charge is 0.305 e. The number of hydrogen-bond acceptors (Lipinski definition) is 3. The Hall–Kier alpha value is -0.840. The molecule has 19 heavy (non-hydrogen) atoms. The summed E-state index contributed by atoms with van der Waals surface area (Å²) in [5.74, 6) is 0. The van der Waals surface area contributed by atoms with Crippen LogP contribution in [-0.4, -0.2) is 16.3 Å². The summed E-state index contributed by atoms with van der Waals surface area (Å²) >= 11 is 7.99. The van der Waals surface area contributed by atoms with Crippen molar-refractivity contribution >= 4 is 22.9 Å². The fraction of sp³-hybridized carbons (Fsp3) is 0.500. The maximum atomic E-state index is 6.30. The second-order valence-electron chi connectivity index (χ2n) is 4.35. The van der Waals surface area contributed by atoms with E-state index in [4.69, 9.17) is 11.6 Å². The van der Waals surface area contributed by atoms with Gasteiger partial charge in [-0.15, -0.1) is 11.3 Å². The van der Waals surface area contributed by atoms with Crippen molar-refractivity contribution < 1.29 is 0 Å². The Morgan fingerprint density at radius 3 is 2.74 bits per heavy atom. The Morgan fingerprint density at radius 2 is 2.21 bits per heavy atom. The van der Waals surface area contributed by atoms with Gasteiger partial charge >= 0.3 is 0 Å². The lowest BCUT2D eigenvalue weighted by molar-refractivity contribution is 0.545. The van der Waals surface area contributed by atoms with Gasteiger partial charge in [0.15, 0.2) is 0 Å². The Balaban J connectivity index is 2.44. The molecule has 1 atom stereocenters. The molecule has 0 aliphatic heterocycles. The van der Waals surface area contributed by atoms with Crippen LogP contribution in [-0.2, 0) is 13.0 Å². The highest BCUT2D eigenvalue weighted by Crippen LogP contribution is 2.33. The zero-order chi connectivity index (χ0) is 13.8. The first-order valence-corrected chi connectivity index (χ1v) is 7.99. The molecule has 1 N–H and O–H groups in total. The zero-order valence-corrected chi connectivity index (χ0v) is 13.2. The summed E-state index contributed by atoms with van der Waals surface area (Å²) in [6.07, 6.45) is 0.955. The number of hydrogen-bond donors (Lipinski definition) is 1. The number of halogens is 1. The number of thiophene rings is 1. The smallest absolute Gasteiger partial charge is 0.0856 e. The number of nitrogens with zero attached hydrogens (tertiary/aromatic N) is 2. The molecule has 2 aromatic rings. The van der Waals surface area contributed by atoms with E-state index in [1.54, 1.807) is 11.3 Å². The predicted octanol–water partition coefficient (Wildman–Crippen LogP) is 3.88. The van der Waals surface area contributed by atoms with Crippen LogP contribution in [0.2, 0.25) is 5.02 Å². The van der Waals surface area contributed by atoms with Crippen LogP contribution in [0.5, 0.6) is 0 Å². The molecule has 0 bridgehead atoms. The van der Waals surface area contributed by atoms with E-state index in [9.17, 15) is 0 Å². The van der Waals surface area contributed by atoms with Gasteiger partial charge in [-0.25, -0.2) is 0 Å². The molecule has 0 spiro atoms. The van der Waals surface area contributed by atoms with E-state index in [1.165, 1.54) is 10.6 Å². The van der Waals surface area contributed by atoms with E-state index >= 15 is 0 Å². The van der Waals surface area contributed by atoms with Crippen LogP contribution in [0.4, 0.5) is 0 Å². The van der Waals surface area contributed by atoms with Gasteiger partial charge in [0.2, 0.25) is 0 Å². The van der Waals surface area contributed by atoms with Gasteiger partial charge in [-0.05, 0) is 37.4 Å². The molecule has 0 saturated carbocycles. The molecule has 5 heteroatoms. The van der Waals surface area contributed by atoms with E-state index in [1.807, 2.05) is 11.4 Å². The molecule has 0 aliphatic carbocycles. The molecule has 2 aromatic heterocycles. The number of aromatic nitrogens is 2. The Bertz CT molecular complexity index is 533. The van der Waals surface area contributed by atoms with Crippen molar-refractivity contribution in [3.8, 4) is 0 Å². The molecule has 0 aromatic carbocycles. The fourth-order valence-corrected chi connectivity index (χ4v) is 3.44. The zero-order valence-electron chi connectivity index (χ0n) is 11.6. The van der Waals surface area contributed by atoms with E-state index in [0.29, 0.717) is 0 Å². The lowest BCUT2D eigenvalue weighted by Gasteiger charge is -2.18. The van der Waals surface area contributed by atoms with Crippen LogP contribution >= 0.6 is 22.9 Å². The van der Waals surface area contributed by atoms with Gasteiger partial charge in [-0.1, -0.05) is 25.4 Å². The second kappa shape index (κ2) is 6.55. The molecule has 104 valence electrons. The molecule has 2 heterocycles. The van der Waals surface area contributed by atoms with E-state index < -0.39 is 0 Å². The SMILES string of the molecule is CCNC(c1sccc1Cl)c1cc(CC)nn1CC. The monoisotopic (exact) mass is 297 g/mol. The number of nitrogens with one attached hydrogen (secondary N) is 1. The van der Waals surface area contributed by atoms with Gasteiger partial charge in [0.1, 0.15) is 0 Å². The summed E-state index contributed by atoms with van der Waals surface area (Å²) in [6, 6.07) is 4.27. The van der Waals surface area contributed by atoms with Crippen molar-refractivity contribution in [1.82, 2.24) is 15.1 Å². The average molecular weight is 298 g/mol. The molecule has 3 nitrogen and oxygen atoms in total. The van der Waals surface area contributed by atoms with Gasteiger partial charge in [-0.2, -0.15) is 5.10 Å². The second-order valence-corrected chi connectivity index (χ2v) is 5.71. The van der Waals surface area contributed by atoms with Crippen LogP contribution in [0.3, 0.4) is 0 Å². The average Bonchev–Trinajstić information content (AvgIpc) is 3.02. The molecule has 0 fully saturated rings. The third kappa shape index (κ3) is 3.02. The first-order valence-electron chi connectivity index (χ1n) is 6.74. The third-order valence-electron chi connectivity index (χ3n) is 3.13. The molecule has 0 aliphatic rings. The Morgan fingerprint density at radius 1 is 1.42 bits per heavy atom. The van der Waals surface area contributed by atoms with Crippen molar-refractivity contribution in [3.05, 3.63) is 38.8 Å². The van der Waals surface area contributed by atoms with E-state index in [-0.39, 0.29) is 6.04 Å². The lowest BCUT2D eigenvalue weighted by Crippen LogP contribution is -2.24. The van der Waals surface area contributed by atoms with Crippen LogP contribution in [0.1, 0.15) is 43.1 Å². The van der Waals surface area contributed by atoms with Crippen LogP contribution in [0.25, 0.3) is 0 Å². The summed E-state index contributed by atoms with van der Waals surface area (Å²) in [6.45, 7) is 8.14. The first-order chi connectivity index (χ1) is 9.21. The summed E-state index contributed by atoms with van der Waals surface area (Å²) in [5, 5.41) is 11.0. The standard InChI is InChI=1S/C14H20ClN3S/c1-4-10-9-12(18(6-3)17-10)13(16-5-2)14-11(15)7-8-19-14/h7-9,13,16H,4-6H2,1-3H3. The predicted molar refractivity (Wildman–Crippen MR) is 82.1 cm³/mol. The fourth-order valence-electron chi connectivity index (χ4n) is 2.19. The Labute approximate surface area is 123 Å². The summed E-state index contributed by atoms with van der Waals surface area (Å²) in [5.41, 5.74) is 2.33. The highest BCUT2D eigenvalue weighted by molar-refractivity contribution is 7.10. The minimum absolute atomic E-state index is 0.130. The van der Waals surface area contributed by atoms with E-state index in [0.717, 1.165) is 30.2 Å². The molecule has 0 radical (unpaired) electrons. The minimum atomic E-state index is 0.130. The van der Waals surface area contributed by atoms with E-state index in [2.05, 4.69) is 41.9 Å². The molecule has 0 saturated heterocycles. The molecule has 0 amide bonds. The molecular weight excluding hydrogens is 278 g/mol. The maximum Gasteiger partial charge on any atom is 0.0856 e. The van der Waals surface area contributed by atoms with Gasteiger partial charge in [0.25, 0.3) is 0 Å². The topological polar surface area (TPSA) is 29.9 Å². The van der Waals surface area contributed by atoms with Gasteiger partial charge in [-0.3, -0.25) is 4.68 Å². The summed E-state index contributed by atoms with van der Waals surface area (Å²) in [7, 11) is 0. The van der Waals surface area contributed by atoms with Crippen LogP contribution in [0.15, 0.2) is 17.5 Å². The minimum Gasteiger partial charge on any atom is -0.305 e. The number of aryl methyl sites for hydroxylation is 2. The quantitative estimate of drug-likeness (QED) is 0.877. The van der Waals surface area contributed by atoms with Crippen LogP contribution < -0.4 is 5.32 Å². The molecular formula is C14H20ClN3S.